The second kappa shape index (κ2) is 5.52. The van der Waals surface area contributed by atoms with Crippen molar-refractivity contribution in [3.8, 4) is 0 Å². The smallest absolute Gasteiger partial charge is 0.241 e. The van der Waals surface area contributed by atoms with Crippen LogP contribution in [0.3, 0.4) is 0 Å². The molecule has 2 N–H and O–H groups in total. The lowest BCUT2D eigenvalue weighted by molar-refractivity contribution is -0.113. The number of aryl methyl sites for hydroxylation is 1. The van der Waals surface area contributed by atoms with Crippen LogP contribution in [-0.4, -0.2) is 15.7 Å². The molecule has 1 aromatic carbocycles. The predicted molar refractivity (Wildman–Crippen MR) is 75.5 cm³/mol. The zero-order valence-corrected chi connectivity index (χ0v) is 11.1. The summed E-state index contributed by atoms with van der Waals surface area (Å²) in [6, 6.07) is 10.1. The fraction of sp³-hybridized carbons (Fsp3) is 0.200. The first-order valence-corrected chi connectivity index (χ1v) is 6.13. The lowest BCUT2D eigenvalue weighted by atomic mass is 10.1. The van der Waals surface area contributed by atoms with E-state index in [1.54, 1.807) is 6.08 Å². The monoisotopic (exact) mass is 255 g/mol. The minimum Gasteiger partial charge on any atom is -0.366 e. The van der Waals surface area contributed by atoms with Crippen molar-refractivity contribution in [3.05, 3.63) is 58.9 Å². The number of carbonyl (C=O) groups excluding carboxylic acids is 1. The van der Waals surface area contributed by atoms with Gasteiger partial charge in [-0.25, -0.2) is 0 Å². The third-order valence-corrected chi connectivity index (χ3v) is 3.03. The molecular formula is C15H17N3O. The molecule has 4 heteroatoms. The van der Waals surface area contributed by atoms with Gasteiger partial charge in [-0.3, -0.25) is 9.48 Å². The Morgan fingerprint density at radius 1 is 1.32 bits per heavy atom. The fourth-order valence-electron chi connectivity index (χ4n) is 2.03. The van der Waals surface area contributed by atoms with Gasteiger partial charge in [-0.15, -0.1) is 0 Å². The molecule has 0 aliphatic heterocycles. The van der Waals surface area contributed by atoms with E-state index in [-0.39, 0.29) is 0 Å². The van der Waals surface area contributed by atoms with Crippen molar-refractivity contribution in [2.45, 2.75) is 20.4 Å². The largest absolute Gasteiger partial charge is 0.366 e. The summed E-state index contributed by atoms with van der Waals surface area (Å²) in [4.78, 5) is 10.8. The van der Waals surface area contributed by atoms with Gasteiger partial charge >= 0.3 is 0 Å². The number of amides is 1. The zero-order chi connectivity index (χ0) is 13.8. The summed E-state index contributed by atoms with van der Waals surface area (Å²) in [6.07, 6.45) is 3.09. The van der Waals surface area contributed by atoms with E-state index in [0.717, 1.165) is 23.5 Å². The van der Waals surface area contributed by atoms with E-state index in [2.05, 4.69) is 17.2 Å². The van der Waals surface area contributed by atoms with Crippen LogP contribution in [0.5, 0.6) is 0 Å². The van der Waals surface area contributed by atoms with Gasteiger partial charge in [0.25, 0.3) is 0 Å². The minimum atomic E-state index is -0.449. The van der Waals surface area contributed by atoms with Crippen LogP contribution in [-0.2, 0) is 11.3 Å². The molecule has 0 bridgehead atoms. The minimum absolute atomic E-state index is 0.449. The molecule has 2 aromatic rings. The summed E-state index contributed by atoms with van der Waals surface area (Å²) in [5.74, 6) is -0.449. The first-order chi connectivity index (χ1) is 9.08. The van der Waals surface area contributed by atoms with Crippen molar-refractivity contribution >= 4 is 12.0 Å². The van der Waals surface area contributed by atoms with Crippen molar-refractivity contribution in [2.24, 2.45) is 5.73 Å². The standard InChI is InChI=1S/C15H17N3O/c1-11-14(8-9-15(16)19)12(2)18(17-11)10-13-6-4-3-5-7-13/h3-9H,10H2,1-2H3,(H2,16,19)/b9-8+. The average Bonchev–Trinajstić information content (AvgIpc) is 2.63. The Balaban J connectivity index is 2.29. The van der Waals surface area contributed by atoms with Gasteiger partial charge in [0.15, 0.2) is 0 Å². The molecule has 0 fully saturated rings. The van der Waals surface area contributed by atoms with Gasteiger partial charge in [-0.05, 0) is 25.5 Å². The molecule has 0 spiro atoms. The van der Waals surface area contributed by atoms with E-state index < -0.39 is 5.91 Å². The fourth-order valence-corrected chi connectivity index (χ4v) is 2.03. The summed E-state index contributed by atoms with van der Waals surface area (Å²) in [5, 5.41) is 4.50. The number of nitrogens with zero attached hydrogens (tertiary/aromatic N) is 2. The predicted octanol–water partition coefficient (Wildman–Crippen LogP) is 2.05. The third kappa shape index (κ3) is 3.10. The first-order valence-electron chi connectivity index (χ1n) is 6.13. The molecule has 0 aliphatic carbocycles. The number of hydrogen-bond acceptors (Lipinski definition) is 2. The van der Waals surface area contributed by atoms with Crippen molar-refractivity contribution in [3.63, 3.8) is 0 Å². The highest BCUT2D eigenvalue weighted by molar-refractivity contribution is 5.90. The molecule has 0 unspecified atom stereocenters. The number of nitrogens with two attached hydrogens (primary N) is 1. The van der Waals surface area contributed by atoms with Gasteiger partial charge in [0.2, 0.25) is 5.91 Å². The summed E-state index contributed by atoms with van der Waals surface area (Å²) >= 11 is 0. The lowest BCUT2D eigenvalue weighted by Crippen LogP contribution is -2.05. The molecule has 2 rings (SSSR count). The van der Waals surface area contributed by atoms with E-state index in [9.17, 15) is 4.79 Å². The Hall–Kier alpha value is -2.36. The van der Waals surface area contributed by atoms with Gasteiger partial charge in [0.1, 0.15) is 0 Å². The Bertz CT molecular complexity index is 612. The molecule has 98 valence electrons. The van der Waals surface area contributed by atoms with Crippen LogP contribution in [0, 0.1) is 13.8 Å². The Morgan fingerprint density at radius 2 is 2.00 bits per heavy atom. The van der Waals surface area contributed by atoms with Crippen molar-refractivity contribution in [2.75, 3.05) is 0 Å². The lowest BCUT2D eigenvalue weighted by Gasteiger charge is -2.04. The van der Waals surface area contributed by atoms with Gasteiger partial charge in [0, 0.05) is 17.3 Å². The molecule has 0 aliphatic rings. The van der Waals surface area contributed by atoms with Gasteiger partial charge in [-0.1, -0.05) is 30.3 Å². The highest BCUT2D eigenvalue weighted by atomic mass is 16.1. The Morgan fingerprint density at radius 3 is 2.63 bits per heavy atom. The first kappa shape index (κ1) is 13.1. The van der Waals surface area contributed by atoms with Crippen LogP contribution < -0.4 is 5.73 Å². The number of rotatable bonds is 4. The molecule has 0 radical (unpaired) electrons. The van der Waals surface area contributed by atoms with Gasteiger partial charge in [0.05, 0.1) is 12.2 Å². The number of carbonyl (C=O) groups is 1. The average molecular weight is 255 g/mol. The summed E-state index contributed by atoms with van der Waals surface area (Å²) in [6.45, 7) is 4.64. The molecule has 19 heavy (non-hydrogen) atoms. The number of hydrogen-bond donors (Lipinski definition) is 1. The molecule has 0 atom stereocenters. The molecule has 0 saturated heterocycles. The summed E-state index contributed by atoms with van der Waals surface area (Å²) < 4.78 is 1.94. The summed E-state index contributed by atoms with van der Waals surface area (Å²) in [5.41, 5.74) is 9.19. The molecule has 1 amide bonds. The zero-order valence-electron chi connectivity index (χ0n) is 11.1. The van der Waals surface area contributed by atoms with E-state index >= 15 is 0 Å². The number of aromatic nitrogens is 2. The van der Waals surface area contributed by atoms with Crippen LogP contribution in [0.15, 0.2) is 36.4 Å². The van der Waals surface area contributed by atoms with Crippen LogP contribution in [0.4, 0.5) is 0 Å². The summed E-state index contributed by atoms with van der Waals surface area (Å²) in [7, 11) is 0. The number of benzene rings is 1. The van der Waals surface area contributed by atoms with E-state index in [1.165, 1.54) is 11.6 Å². The van der Waals surface area contributed by atoms with Crippen LogP contribution in [0.25, 0.3) is 6.08 Å². The van der Waals surface area contributed by atoms with Crippen LogP contribution in [0.1, 0.15) is 22.5 Å². The maximum Gasteiger partial charge on any atom is 0.241 e. The van der Waals surface area contributed by atoms with Gasteiger partial charge in [-0.2, -0.15) is 5.10 Å². The van der Waals surface area contributed by atoms with Gasteiger partial charge < -0.3 is 5.73 Å². The Labute approximate surface area is 112 Å². The van der Waals surface area contributed by atoms with E-state index in [0.29, 0.717) is 0 Å². The van der Waals surface area contributed by atoms with Crippen molar-refractivity contribution in [1.82, 2.24) is 9.78 Å². The van der Waals surface area contributed by atoms with Crippen LogP contribution in [0.2, 0.25) is 0 Å². The SMILES string of the molecule is Cc1nn(Cc2ccccc2)c(C)c1/C=C/C(N)=O. The van der Waals surface area contributed by atoms with Crippen molar-refractivity contribution < 1.29 is 4.79 Å². The van der Waals surface area contributed by atoms with Crippen LogP contribution >= 0.6 is 0 Å². The van der Waals surface area contributed by atoms with E-state index in [4.69, 9.17) is 5.73 Å². The number of primary amides is 1. The Kier molecular flexibility index (Phi) is 3.80. The second-order valence-electron chi connectivity index (χ2n) is 4.46. The highest BCUT2D eigenvalue weighted by Gasteiger charge is 2.09. The highest BCUT2D eigenvalue weighted by Crippen LogP contribution is 2.16. The molecule has 4 nitrogen and oxygen atoms in total. The molecule has 1 aromatic heterocycles. The third-order valence-electron chi connectivity index (χ3n) is 3.03. The van der Waals surface area contributed by atoms with E-state index in [1.807, 2.05) is 36.7 Å². The quantitative estimate of drug-likeness (QED) is 0.850. The molecule has 1 heterocycles. The second-order valence-corrected chi connectivity index (χ2v) is 4.46. The van der Waals surface area contributed by atoms with Crippen molar-refractivity contribution in [1.29, 1.82) is 0 Å². The normalized spacial score (nSPS) is 11.1. The molecule has 0 saturated carbocycles. The molecular weight excluding hydrogens is 238 g/mol. The maximum atomic E-state index is 10.8. The maximum absolute atomic E-state index is 10.8. The topological polar surface area (TPSA) is 60.9 Å².